The standard InChI is InChI=1S/C23H27N3O6/c1-17(25-22(29)31-15-18-9-4-2-5-10-18)24-14-8-13-20(21(27)28)26-23(30)32-16-19-11-6-3-7-12-19/h2-7,9-12,20H,8,13-16H2,1H3,(H,26,30)(H,27,28)(H,24,25,29)/t20-/m1/s1. The van der Waals surface area contributed by atoms with Crippen molar-refractivity contribution in [3.8, 4) is 0 Å². The van der Waals surface area contributed by atoms with Gasteiger partial charge in [-0.25, -0.2) is 14.4 Å². The lowest BCUT2D eigenvalue weighted by Crippen LogP contribution is -2.41. The number of carboxylic acid groups (broad SMARTS) is 1. The zero-order valence-corrected chi connectivity index (χ0v) is 17.8. The van der Waals surface area contributed by atoms with E-state index in [1.54, 1.807) is 19.1 Å². The van der Waals surface area contributed by atoms with Crippen molar-refractivity contribution in [3.63, 3.8) is 0 Å². The lowest BCUT2D eigenvalue weighted by atomic mass is 10.1. The summed E-state index contributed by atoms with van der Waals surface area (Å²) in [6.07, 6.45) is -0.885. The molecule has 0 unspecified atom stereocenters. The molecule has 0 bridgehead atoms. The molecule has 3 N–H and O–H groups in total. The Labute approximate surface area is 186 Å². The smallest absolute Gasteiger partial charge is 0.412 e. The van der Waals surface area contributed by atoms with Crippen LogP contribution in [0.4, 0.5) is 9.59 Å². The molecule has 9 nitrogen and oxygen atoms in total. The number of carbonyl (C=O) groups excluding carboxylic acids is 2. The Hall–Kier alpha value is -3.88. The van der Waals surface area contributed by atoms with Gasteiger partial charge in [-0.15, -0.1) is 0 Å². The van der Waals surface area contributed by atoms with Crippen molar-refractivity contribution in [3.05, 3.63) is 71.8 Å². The Bertz CT molecular complexity index is 902. The average Bonchev–Trinajstić information content (AvgIpc) is 2.79. The number of carboxylic acids is 1. The van der Waals surface area contributed by atoms with Crippen molar-refractivity contribution in [2.45, 2.75) is 39.0 Å². The van der Waals surface area contributed by atoms with Crippen LogP contribution in [-0.4, -0.2) is 41.7 Å². The van der Waals surface area contributed by atoms with Gasteiger partial charge in [-0.05, 0) is 30.9 Å². The first kappa shape index (κ1) is 24.4. The van der Waals surface area contributed by atoms with E-state index in [1.165, 1.54) is 0 Å². The number of alkyl carbamates (subject to hydrolysis) is 2. The monoisotopic (exact) mass is 441 g/mol. The Morgan fingerprint density at radius 3 is 1.97 bits per heavy atom. The second-order valence-corrected chi connectivity index (χ2v) is 6.89. The molecule has 1 atom stereocenters. The van der Waals surface area contributed by atoms with E-state index in [-0.39, 0.29) is 26.2 Å². The summed E-state index contributed by atoms with van der Waals surface area (Å²) in [5, 5.41) is 14.2. The lowest BCUT2D eigenvalue weighted by Gasteiger charge is -2.14. The number of rotatable bonds is 10. The van der Waals surface area contributed by atoms with Crippen molar-refractivity contribution >= 4 is 24.0 Å². The van der Waals surface area contributed by atoms with E-state index < -0.39 is 24.2 Å². The molecule has 170 valence electrons. The topological polar surface area (TPSA) is 126 Å². The molecule has 0 fully saturated rings. The van der Waals surface area contributed by atoms with Crippen LogP contribution in [-0.2, 0) is 27.5 Å². The highest BCUT2D eigenvalue weighted by Gasteiger charge is 2.20. The number of nitrogens with one attached hydrogen (secondary N) is 2. The van der Waals surface area contributed by atoms with Crippen LogP contribution in [0, 0.1) is 0 Å². The van der Waals surface area contributed by atoms with E-state index in [0.717, 1.165) is 11.1 Å². The third kappa shape index (κ3) is 9.75. The van der Waals surface area contributed by atoms with Gasteiger partial charge >= 0.3 is 18.2 Å². The molecular formula is C23H27N3O6. The Balaban J connectivity index is 1.67. The van der Waals surface area contributed by atoms with Crippen LogP contribution in [0.1, 0.15) is 30.9 Å². The van der Waals surface area contributed by atoms with Crippen molar-refractivity contribution in [1.82, 2.24) is 10.6 Å². The van der Waals surface area contributed by atoms with E-state index in [4.69, 9.17) is 9.47 Å². The summed E-state index contributed by atoms with van der Waals surface area (Å²) < 4.78 is 10.2. The molecule has 0 saturated carbocycles. The van der Waals surface area contributed by atoms with E-state index in [2.05, 4.69) is 15.6 Å². The average molecular weight is 441 g/mol. The Morgan fingerprint density at radius 1 is 0.906 bits per heavy atom. The number of benzene rings is 2. The van der Waals surface area contributed by atoms with Crippen LogP contribution in [0.2, 0.25) is 0 Å². The Morgan fingerprint density at radius 2 is 1.44 bits per heavy atom. The van der Waals surface area contributed by atoms with Crippen molar-refractivity contribution in [1.29, 1.82) is 0 Å². The van der Waals surface area contributed by atoms with Crippen LogP contribution < -0.4 is 10.6 Å². The van der Waals surface area contributed by atoms with Gasteiger partial charge in [0.05, 0.1) is 0 Å². The molecule has 0 aromatic heterocycles. The number of ether oxygens (including phenoxy) is 2. The summed E-state index contributed by atoms with van der Waals surface area (Å²) in [6, 6.07) is 17.2. The first-order chi connectivity index (χ1) is 15.4. The van der Waals surface area contributed by atoms with Crippen LogP contribution in [0.15, 0.2) is 65.7 Å². The van der Waals surface area contributed by atoms with Gasteiger partial charge in [-0.3, -0.25) is 10.3 Å². The number of aliphatic carboxylic acids is 1. The fraction of sp³-hybridized carbons (Fsp3) is 0.304. The molecule has 2 aromatic rings. The maximum absolute atomic E-state index is 11.9. The van der Waals surface area contributed by atoms with Gasteiger partial charge in [0.2, 0.25) is 0 Å². The minimum Gasteiger partial charge on any atom is -0.480 e. The summed E-state index contributed by atoms with van der Waals surface area (Å²) in [4.78, 5) is 39.2. The molecule has 0 aliphatic rings. The third-order valence-corrected chi connectivity index (χ3v) is 4.30. The van der Waals surface area contributed by atoms with Gasteiger partial charge in [0.1, 0.15) is 25.1 Å². The maximum Gasteiger partial charge on any atom is 0.412 e. The first-order valence-electron chi connectivity index (χ1n) is 10.1. The molecular weight excluding hydrogens is 414 g/mol. The minimum absolute atomic E-state index is 0.0501. The van der Waals surface area contributed by atoms with Crippen molar-refractivity contribution in [2.24, 2.45) is 4.99 Å². The van der Waals surface area contributed by atoms with Crippen LogP contribution in [0.5, 0.6) is 0 Å². The quantitative estimate of drug-likeness (QED) is 0.294. The number of aliphatic imine (C=N–C) groups is 1. The number of nitrogens with zero attached hydrogens (tertiary/aromatic N) is 1. The first-order valence-corrected chi connectivity index (χ1v) is 10.1. The summed E-state index contributed by atoms with van der Waals surface area (Å²) >= 11 is 0. The molecule has 0 radical (unpaired) electrons. The molecule has 9 heteroatoms. The minimum atomic E-state index is -1.16. The van der Waals surface area contributed by atoms with E-state index in [9.17, 15) is 19.5 Å². The van der Waals surface area contributed by atoms with E-state index >= 15 is 0 Å². The van der Waals surface area contributed by atoms with Gasteiger partial charge in [0.15, 0.2) is 0 Å². The highest BCUT2D eigenvalue weighted by molar-refractivity contribution is 5.93. The van der Waals surface area contributed by atoms with Gasteiger partial charge in [0.25, 0.3) is 0 Å². The van der Waals surface area contributed by atoms with Gasteiger partial charge in [-0.1, -0.05) is 60.7 Å². The van der Waals surface area contributed by atoms with E-state index in [0.29, 0.717) is 12.3 Å². The Kier molecular flexibility index (Phi) is 10.2. The normalized spacial score (nSPS) is 11.8. The molecule has 0 heterocycles. The van der Waals surface area contributed by atoms with Gasteiger partial charge in [-0.2, -0.15) is 0 Å². The number of amidine groups is 1. The summed E-state index contributed by atoms with van der Waals surface area (Å²) in [5.41, 5.74) is 1.67. The molecule has 0 saturated heterocycles. The van der Waals surface area contributed by atoms with Crippen molar-refractivity contribution < 1.29 is 29.0 Å². The van der Waals surface area contributed by atoms with Crippen LogP contribution >= 0.6 is 0 Å². The second-order valence-electron chi connectivity index (χ2n) is 6.89. The van der Waals surface area contributed by atoms with Gasteiger partial charge in [0, 0.05) is 6.54 Å². The number of hydrogen-bond acceptors (Lipinski definition) is 6. The van der Waals surface area contributed by atoms with Crippen LogP contribution in [0.25, 0.3) is 0 Å². The fourth-order valence-electron chi connectivity index (χ4n) is 2.65. The maximum atomic E-state index is 11.9. The second kappa shape index (κ2) is 13.4. The fourth-order valence-corrected chi connectivity index (χ4v) is 2.65. The largest absolute Gasteiger partial charge is 0.480 e. The van der Waals surface area contributed by atoms with E-state index in [1.807, 2.05) is 48.5 Å². The van der Waals surface area contributed by atoms with Crippen molar-refractivity contribution in [2.75, 3.05) is 6.54 Å². The highest BCUT2D eigenvalue weighted by atomic mass is 16.6. The number of amides is 2. The number of hydrogen-bond donors (Lipinski definition) is 3. The lowest BCUT2D eigenvalue weighted by molar-refractivity contribution is -0.139. The third-order valence-electron chi connectivity index (χ3n) is 4.30. The molecule has 0 aliphatic carbocycles. The number of carbonyl (C=O) groups is 3. The van der Waals surface area contributed by atoms with Crippen LogP contribution in [0.3, 0.4) is 0 Å². The zero-order valence-electron chi connectivity index (χ0n) is 17.8. The summed E-state index contributed by atoms with van der Waals surface area (Å²) in [5.74, 6) is -0.810. The highest BCUT2D eigenvalue weighted by Crippen LogP contribution is 2.03. The zero-order chi connectivity index (χ0) is 23.2. The predicted molar refractivity (Wildman–Crippen MR) is 118 cm³/mol. The summed E-state index contributed by atoms with van der Waals surface area (Å²) in [7, 11) is 0. The van der Waals surface area contributed by atoms with Gasteiger partial charge < -0.3 is 19.9 Å². The SMILES string of the molecule is C/C(=N\CCC[C@@H](NC(=O)OCc1ccccc1)C(=O)O)NC(=O)OCc1ccccc1. The molecule has 2 amide bonds. The molecule has 0 spiro atoms. The molecule has 32 heavy (non-hydrogen) atoms. The predicted octanol–water partition coefficient (Wildman–Crippen LogP) is 3.49. The molecule has 0 aliphatic heterocycles. The molecule has 2 aromatic carbocycles. The summed E-state index contributed by atoms with van der Waals surface area (Å²) in [6.45, 7) is 2.08. The molecule has 2 rings (SSSR count).